The second kappa shape index (κ2) is 9.83. The summed E-state index contributed by atoms with van der Waals surface area (Å²) in [6, 6.07) is 7.80. The smallest absolute Gasteiger partial charge is 0.259 e. The fraction of sp³-hybridized carbons (Fsp3) is 0.500. The SMILES string of the molecule is COc1ccccc1NC(=O)c1c(NC(=O)CN2CCCC[C@@H]2C)sc2c1CCCC2. The maximum absolute atomic E-state index is 13.3. The van der Waals surface area contributed by atoms with Crippen molar-refractivity contribution in [1.29, 1.82) is 0 Å². The molecule has 7 heteroatoms. The van der Waals surface area contributed by atoms with E-state index in [0.717, 1.165) is 50.6 Å². The van der Waals surface area contributed by atoms with E-state index in [-0.39, 0.29) is 11.8 Å². The summed E-state index contributed by atoms with van der Waals surface area (Å²) in [4.78, 5) is 29.7. The monoisotopic (exact) mass is 441 g/mol. The van der Waals surface area contributed by atoms with Crippen molar-refractivity contribution in [2.45, 2.75) is 57.9 Å². The molecule has 1 atom stereocenters. The number of aryl methyl sites for hydroxylation is 1. The molecule has 2 amide bonds. The van der Waals surface area contributed by atoms with Crippen molar-refractivity contribution in [3.05, 3.63) is 40.3 Å². The molecule has 31 heavy (non-hydrogen) atoms. The number of amides is 2. The standard InChI is InChI=1S/C24H31N3O3S/c1-16-9-7-8-14-27(16)15-21(28)26-24-22(17-10-3-6-13-20(17)31-24)23(29)25-18-11-4-5-12-19(18)30-2/h4-5,11-12,16H,3,6-10,13-15H2,1-2H3,(H,25,29)(H,26,28)/t16-/m0/s1. The number of nitrogens with zero attached hydrogens (tertiary/aromatic N) is 1. The van der Waals surface area contributed by atoms with Gasteiger partial charge in [0.25, 0.3) is 5.91 Å². The Morgan fingerprint density at radius 2 is 1.94 bits per heavy atom. The van der Waals surface area contributed by atoms with Gasteiger partial charge in [-0.05, 0) is 69.7 Å². The van der Waals surface area contributed by atoms with E-state index in [1.165, 1.54) is 11.3 Å². The normalized spacial score (nSPS) is 18.8. The molecular formula is C24H31N3O3S. The number of anilines is 2. The Morgan fingerprint density at radius 3 is 2.74 bits per heavy atom. The first-order chi connectivity index (χ1) is 15.1. The lowest BCUT2D eigenvalue weighted by Gasteiger charge is -2.32. The number of fused-ring (bicyclic) bond motifs is 1. The molecule has 1 saturated heterocycles. The maximum atomic E-state index is 13.3. The van der Waals surface area contributed by atoms with Crippen LogP contribution >= 0.6 is 11.3 Å². The molecule has 1 aliphatic heterocycles. The number of carbonyl (C=O) groups excluding carboxylic acids is 2. The van der Waals surface area contributed by atoms with Crippen molar-refractivity contribution in [1.82, 2.24) is 4.90 Å². The highest BCUT2D eigenvalue weighted by atomic mass is 32.1. The number of likely N-dealkylation sites (tertiary alicyclic amines) is 1. The number of thiophene rings is 1. The Hall–Kier alpha value is -2.38. The quantitative estimate of drug-likeness (QED) is 0.682. The van der Waals surface area contributed by atoms with E-state index in [2.05, 4.69) is 22.5 Å². The third-order valence-electron chi connectivity index (χ3n) is 6.29. The first-order valence-corrected chi connectivity index (χ1v) is 12.0. The highest BCUT2D eigenvalue weighted by Crippen LogP contribution is 2.39. The summed E-state index contributed by atoms with van der Waals surface area (Å²) < 4.78 is 5.38. The van der Waals surface area contributed by atoms with E-state index in [4.69, 9.17) is 4.74 Å². The van der Waals surface area contributed by atoms with Crippen LogP contribution in [0.5, 0.6) is 5.75 Å². The molecule has 6 nitrogen and oxygen atoms in total. The van der Waals surface area contributed by atoms with E-state index in [0.29, 0.717) is 34.6 Å². The van der Waals surface area contributed by atoms with Gasteiger partial charge in [-0.1, -0.05) is 18.6 Å². The number of piperidine rings is 1. The van der Waals surface area contributed by atoms with E-state index in [9.17, 15) is 9.59 Å². The van der Waals surface area contributed by atoms with Gasteiger partial charge in [0, 0.05) is 10.9 Å². The van der Waals surface area contributed by atoms with Crippen LogP contribution < -0.4 is 15.4 Å². The summed E-state index contributed by atoms with van der Waals surface area (Å²) >= 11 is 1.56. The molecule has 0 radical (unpaired) electrons. The third-order valence-corrected chi connectivity index (χ3v) is 7.50. The van der Waals surface area contributed by atoms with Gasteiger partial charge in [0.05, 0.1) is 24.9 Å². The summed E-state index contributed by atoms with van der Waals surface area (Å²) in [5, 5.41) is 6.75. The van der Waals surface area contributed by atoms with Gasteiger partial charge in [-0.3, -0.25) is 14.5 Å². The van der Waals surface area contributed by atoms with Crippen molar-refractivity contribution in [3.8, 4) is 5.75 Å². The number of ether oxygens (including phenoxy) is 1. The molecule has 2 heterocycles. The Bertz CT molecular complexity index is 956. The number of rotatable bonds is 6. The van der Waals surface area contributed by atoms with Crippen LogP contribution in [0.3, 0.4) is 0 Å². The first kappa shape index (κ1) is 21.8. The highest BCUT2D eigenvalue weighted by molar-refractivity contribution is 7.17. The number of hydrogen-bond acceptors (Lipinski definition) is 5. The number of hydrogen-bond donors (Lipinski definition) is 2. The van der Waals surface area contributed by atoms with Crippen LogP contribution in [0, 0.1) is 0 Å². The Morgan fingerprint density at radius 1 is 1.13 bits per heavy atom. The summed E-state index contributed by atoms with van der Waals surface area (Å²) in [6.07, 6.45) is 7.53. The van der Waals surface area contributed by atoms with Crippen LogP contribution in [0.25, 0.3) is 0 Å². The third kappa shape index (κ3) is 4.93. The molecule has 0 spiro atoms. The fourth-order valence-corrected chi connectivity index (χ4v) is 5.87. The average Bonchev–Trinajstić information content (AvgIpc) is 3.13. The molecular weight excluding hydrogens is 410 g/mol. The Labute approximate surface area is 188 Å². The first-order valence-electron chi connectivity index (χ1n) is 11.2. The van der Waals surface area contributed by atoms with Gasteiger partial charge in [0.1, 0.15) is 10.8 Å². The van der Waals surface area contributed by atoms with E-state index >= 15 is 0 Å². The number of nitrogens with one attached hydrogen (secondary N) is 2. The molecule has 0 bridgehead atoms. The molecule has 4 rings (SSSR count). The minimum atomic E-state index is -0.189. The van der Waals surface area contributed by atoms with Crippen LogP contribution in [0.2, 0.25) is 0 Å². The second-order valence-electron chi connectivity index (χ2n) is 8.43. The van der Waals surface area contributed by atoms with Crippen LogP contribution in [0.15, 0.2) is 24.3 Å². The van der Waals surface area contributed by atoms with Gasteiger partial charge < -0.3 is 15.4 Å². The summed E-state index contributed by atoms with van der Waals surface area (Å²) in [5.41, 5.74) is 2.33. The van der Waals surface area contributed by atoms with Crippen LogP contribution in [0.1, 0.15) is 59.8 Å². The number of carbonyl (C=O) groups is 2. The summed E-state index contributed by atoms with van der Waals surface area (Å²) in [6.45, 7) is 3.51. The van der Waals surface area contributed by atoms with Gasteiger partial charge >= 0.3 is 0 Å². The van der Waals surface area contributed by atoms with Crippen molar-refractivity contribution in [2.75, 3.05) is 30.8 Å². The predicted octanol–water partition coefficient (Wildman–Crippen LogP) is 4.70. The molecule has 0 saturated carbocycles. The fourth-order valence-electron chi connectivity index (χ4n) is 4.57. The Balaban J connectivity index is 1.56. The summed E-state index contributed by atoms with van der Waals surface area (Å²) in [5.74, 6) is 0.383. The van der Waals surface area contributed by atoms with E-state index < -0.39 is 0 Å². The lowest BCUT2D eigenvalue weighted by Crippen LogP contribution is -2.42. The van der Waals surface area contributed by atoms with Crippen molar-refractivity contribution >= 4 is 33.8 Å². The zero-order valence-electron chi connectivity index (χ0n) is 18.3. The van der Waals surface area contributed by atoms with Gasteiger partial charge in [-0.25, -0.2) is 0 Å². The van der Waals surface area contributed by atoms with Gasteiger partial charge in [-0.15, -0.1) is 11.3 Å². The van der Waals surface area contributed by atoms with Gasteiger partial charge in [0.2, 0.25) is 5.91 Å². The lowest BCUT2D eigenvalue weighted by atomic mass is 9.95. The molecule has 2 N–H and O–H groups in total. The molecule has 1 fully saturated rings. The maximum Gasteiger partial charge on any atom is 0.259 e. The number of para-hydroxylation sites is 2. The van der Waals surface area contributed by atoms with Crippen LogP contribution in [0.4, 0.5) is 10.7 Å². The molecule has 0 unspecified atom stereocenters. The van der Waals surface area contributed by atoms with Gasteiger partial charge in [0.15, 0.2) is 0 Å². The topological polar surface area (TPSA) is 70.7 Å². The highest BCUT2D eigenvalue weighted by Gasteiger charge is 2.28. The number of methoxy groups -OCH3 is 1. The van der Waals surface area contributed by atoms with Crippen molar-refractivity contribution in [2.24, 2.45) is 0 Å². The number of benzene rings is 1. The zero-order chi connectivity index (χ0) is 21.8. The average molecular weight is 442 g/mol. The molecule has 2 aromatic rings. The Kier molecular flexibility index (Phi) is 6.92. The molecule has 1 aromatic heterocycles. The second-order valence-corrected chi connectivity index (χ2v) is 9.54. The van der Waals surface area contributed by atoms with Crippen LogP contribution in [-0.2, 0) is 17.6 Å². The van der Waals surface area contributed by atoms with E-state index in [1.54, 1.807) is 18.4 Å². The predicted molar refractivity (Wildman–Crippen MR) is 125 cm³/mol. The zero-order valence-corrected chi connectivity index (χ0v) is 19.1. The minimum absolute atomic E-state index is 0.0429. The molecule has 1 aromatic carbocycles. The van der Waals surface area contributed by atoms with Crippen LogP contribution in [-0.4, -0.2) is 43.0 Å². The molecule has 2 aliphatic rings. The van der Waals surface area contributed by atoms with Crippen molar-refractivity contribution < 1.29 is 14.3 Å². The minimum Gasteiger partial charge on any atom is -0.495 e. The molecule has 1 aliphatic carbocycles. The largest absolute Gasteiger partial charge is 0.495 e. The summed E-state index contributed by atoms with van der Waals surface area (Å²) in [7, 11) is 1.59. The van der Waals surface area contributed by atoms with E-state index in [1.807, 2.05) is 24.3 Å². The molecule has 166 valence electrons. The van der Waals surface area contributed by atoms with Crippen molar-refractivity contribution in [3.63, 3.8) is 0 Å². The van der Waals surface area contributed by atoms with Gasteiger partial charge in [-0.2, -0.15) is 0 Å². The lowest BCUT2D eigenvalue weighted by molar-refractivity contribution is -0.118.